The summed E-state index contributed by atoms with van der Waals surface area (Å²) in [4.78, 5) is 20.1. The lowest BCUT2D eigenvalue weighted by Gasteiger charge is -2.32. The minimum absolute atomic E-state index is 0.0172. The van der Waals surface area contributed by atoms with Crippen LogP contribution in [0.1, 0.15) is 45.1 Å². The first kappa shape index (κ1) is 33.4. The highest BCUT2D eigenvalue weighted by atomic mass is 35.5. The van der Waals surface area contributed by atoms with E-state index >= 15 is 4.39 Å². The normalized spacial score (nSPS) is 17.7. The van der Waals surface area contributed by atoms with E-state index in [2.05, 4.69) is 39.1 Å². The smallest absolute Gasteiger partial charge is 0.216 e. The molecular formula is C35H45ClFN5O2. The van der Waals surface area contributed by atoms with Crippen LogP contribution in [0.4, 0.5) is 4.39 Å². The van der Waals surface area contributed by atoms with Crippen molar-refractivity contribution in [2.24, 2.45) is 4.99 Å². The fraction of sp³-hybridized carbons (Fsp3) is 0.429. The first-order valence-electron chi connectivity index (χ1n) is 15.5. The van der Waals surface area contributed by atoms with Gasteiger partial charge in [-0.3, -0.25) is 4.79 Å². The third kappa shape index (κ3) is 9.03. The Kier molecular flexibility index (Phi) is 12.6. The number of hydrogen-bond acceptors (Lipinski definition) is 6. The Bertz CT molecular complexity index is 1450. The molecule has 44 heavy (non-hydrogen) atoms. The van der Waals surface area contributed by atoms with E-state index < -0.39 is 5.83 Å². The fourth-order valence-electron chi connectivity index (χ4n) is 5.60. The minimum Gasteiger partial charge on any atom is -0.478 e. The Balaban J connectivity index is 1.48. The molecule has 9 heteroatoms. The summed E-state index contributed by atoms with van der Waals surface area (Å²) in [7, 11) is 2.09. The Hall–Kier alpha value is -3.46. The van der Waals surface area contributed by atoms with Gasteiger partial charge < -0.3 is 25.2 Å². The second kappa shape index (κ2) is 16.6. The molecule has 2 aromatic carbocycles. The summed E-state index contributed by atoms with van der Waals surface area (Å²) >= 11 is 6.87. The van der Waals surface area contributed by atoms with E-state index in [0.717, 1.165) is 93.5 Å². The van der Waals surface area contributed by atoms with Gasteiger partial charge in [-0.05, 0) is 68.8 Å². The summed E-state index contributed by atoms with van der Waals surface area (Å²) < 4.78 is 22.6. The second-order valence-corrected chi connectivity index (χ2v) is 11.8. The molecule has 7 nitrogen and oxygen atoms in total. The molecule has 0 spiro atoms. The number of fused-ring (bicyclic) bond motifs is 1. The molecule has 0 saturated carbocycles. The molecule has 2 aliphatic rings. The van der Waals surface area contributed by atoms with Gasteiger partial charge >= 0.3 is 0 Å². The molecule has 0 aromatic heterocycles. The number of amides is 1. The number of rotatable bonds is 14. The molecule has 0 unspecified atom stereocenters. The quantitative estimate of drug-likeness (QED) is 0.189. The average Bonchev–Trinajstić information content (AvgIpc) is 3.02. The van der Waals surface area contributed by atoms with Crippen molar-refractivity contribution in [3.8, 4) is 0 Å². The van der Waals surface area contributed by atoms with Crippen molar-refractivity contribution in [1.82, 2.24) is 20.4 Å². The van der Waals surface area contributed by atoms with E-state index in [0.29, 0.717) is 22.8 Å². The molecule has 236 valence electrons. The Labute approximate surface area is 266 Å². The number of carbonyl (C=O) groups is 1. The van der Waals surface area contributed by atoms with Crippen LogP contribution in [0.3, 0.4) is 0 Å². The third-order valence-electron chi connectivity index (χ3n) is 8.01. The summed E-state index contributed by atoms with van der Waals surface area (Å²) in [5, 5.41) is 8.47. The van der Waals surface area contributed by atoms with Crippen molar-refractivity contribution >= 4 is 39.6 Å². The van der Waals surface area contributed by atoms with E-state index in [1.165, 1.54) is 0 Å². The lowest BCUT2D eigenvalue weighted by atomic mass is 9.90. The van der Waals surface area contributed by atoms with Gasteiger partial charge in [-0.1, -0.05) is 60.5 Å². The number of hydrogen-bond donors (Lipinski definition) is 2. The first-order valence-corrected chi connectivity index (χ1v) is 15.9. The van der Waals surface area contributed by atoms with Gasteiger partial charge in [0.2, 0.25) is 11.8 Å². The lowest BCUT2D eigenvalue weighted by Crippen LogP contribution is -2.43. The van der Waals surface area contributed by atoms with Crippen LogP contribution in [0.25, 0.3) is 16.3 Å². The van der Waals surface area contributed by atoms with E-state index in [1.54, 1.807) is 6.92 Å². The maximum Gasteiger partial charge on any atom is 0.216 e. The van der Waals surface area contributed by atoms with Gasteiger partial charge in [0, 0.05) is 63.0 Å². The number of allylic oxidation sites excluding steroid dienone is 6. The van der Waals surface area contributed by atoms with Crippen molar-refractivity contribution < 1.29 is 13.9 Å². The predicted octanol–water partition coefficient (Wildman–Crippen LogP) is 6.39. The molecule has 1 amide bonds. The van der Waals surface area contributed by atoms with Crippen LogP contribution in [0.5, 0.6) is 0 Å². The monoisotopic (exact) mass is 621 g/mol. The molecule has 0 radical (unpaired) electrons. The van der Waals surface area contributed by atoms with Gasteiger partial charge in [0.05, 0.1) is 11.6 Å². The van der Waals surface area contributed by atoms with Crippen LogP contribution in [0.2, 0.25) is 0 Å². The van der Waals surface area contributed by atoms with Crippen molar-refractivity contribution in [3.05, 3.63) is 88.7 Å². The highest BCUT2D eigenvalue weighted by Crippen LogP contribution is 2.41. The van der Waals surface area contributed by atoms with Gasteiger partial charge in [-0.15, -0.1) is 0 Å². The molecule has 2 aromatic rings. The Morgan fingerprint density at radius 3 is 2.59 bits per heavy atom. The van der Waals surface area contributed by atoms with E-state index in [4.69, 9.17) is 16.3 Å². The highest BCUT2D eigenvalue weighted by molar-refractivity contribution is 6.41. The van der Waals surface area contributed by atoms with Crippen molar-refractivity contribution in [1.29, 1.82) is 0 Å². The van der Waals surface area contributed by atoms with Crippen molar-refractivity contribution in [3.63, 3.8) is 0 Å². The number of nitrogens with zero attached hydrogens (tertiary/aromatic N) is 3. The van der Waals surface area contributed by atoms with Crippen LogP contribution in [-0.4, -0.2) is 80.9 Å². The molecular weight excluding hydrogens is 577 g/mol. The van der Waals surface area contributed by atoms with Crippen molar-refractivity contribution in [2.45, 2.75) is 39.5 Å². The number of benzene rings is 2. The third-order valence-corrected chi connectivity index (χ3v) is 8.31. The van der Waals surface area contributed by atoms with Crippen LogP contribution >= 0.6 is 11.6 Å². The van der Waals surface area contributed by atoms with Gasteiger partial charge in [0.1, 0.15) is 5.71 Å². The van der Waals surface area contributed by atoms with Crippen LogP contribution < -0.4 is 10.6 Å². The number of nitrogens with one attached hydrogen (secondary N) is 2. The first-order chi connectivity index (χ1) is 21.3. The Morgan fingerprint density at radius 1 is 1.09 bits per heavy atom. The van der Waals surface area contributed by atoms with E-state index in [9.17, 15) is 4.79 Å². The zero-order chi connectivity index (χ0) is 31.5. The maximum absolute atomic E-state index is 16.7. The van der Waals surface area contributed by atoms with Gasteiger partial charge in [-0.2, -0.15) is 0 Å². The molecule has 0 bridgehead atoms. The topological polar surface area (TPSA) is 69.2 Å². The fourth-order valence-corrected chi connectivity index (χ4v) is 5.89. The number of piperazine rings is 1. The minimum atomic E-state index is -0.485. The number of unbranched alkanes of at least 4 members (excludes halogenated alkanes) is 2. The number of aliphatic imine (C=N–C) groups is 1. The number of carbonyl (C=O) groups excluding carboxylic acids is 1. The molecule has 1 aliphatic heterocycles. The summed E-state index contributed by atoms with van der Waals surface area (Å²) in [6.45, 7) is 13.9. The summed E-state index contributed by atoms with van der Waals surface area (Å²) in [6.07, 6.45) is 5.74. The van der Waals surface area contributed by atoms with Gasteiger partial charge in [-0.25, -0.2) is 9.38 Å². The Morgan fingerprint density at radius 2 is 1.82 bits per heavy atom. The zero-order valence-electron chi connectivity index (χ0n) is 26.2. The van der Waals surface area contributed by atoms with Crippen LogP contribution in [0.15, 0.2) is 88.1 Å². The average molecular weight is 622 g/mol. The maximum atomic E-state index is 16.7. The largest absolute Gasteiger partial charge is 0.478 e. The standard InChI is InChI=1S/C35H45ClFN5O2/c1-25(42-21-17-38-18-22-42)31-24-32(36)33(30-15-10-13-28-12-6-7-14-29(28)30)34(37)35(31)40-27(3)44-23-11-20-41(4)19-9-5-8-16-39-26(2)43/h6-7,10,12-15,24,38H,3,5,8-9,11,16-23H2,1-2,4H3,(H,39,43)/b31-25+,40-35+. The number of ether oxygens (including phenoxy) is 1. The molecule has 1 heterocycles. The lowest BCUT2D eigenvalue weighted by molar-refractivity contribution is -0.118. The van der Waals surface area contributed by atoms with Gasteiger partial charge in [0.25, 0.3) is 0 Å². The van der Waals surface area contributed by atoms with Gasteiger partial charge in [0.15, 0.2) is 5.83 Å². The van der Waals surface area contributed by atoms with Crippen LogP contribution in [0, 0.1) is 0 Å². The number of halogens is 2. The molecule has 1 aliphatic carbocycles. The molecule has 1 fully saturated rings. The molecule has 0 atom stereocenters. The molecule has 4 rings (SSSR count). The molecule has 1 saturated heterocycles. The SMILES string of the molecule is C=C(/N=C1/C(F)=C(c2cccc3ccccc23)C(Cl)=C/C1=C(/C)N1CCNCC1)OCCCN(C)CCCCCNC(C)=O. The van der Waals surface area contributed by atoms with Crippen molar-refractivity contribution in [2.75, 3.05) is 59.5 Å². The van der Waals surface area contributed by atoms with Crippen LogP contribution in [-0.2, 0) is 9.53 Å². The zero-order valence-corrected chi connectivity index (χ0v) is 27.0. The molecule has 2 N–H and O–H groups in total. The van der Waals surface area contributed by atoms with E-state index in [1.807, 2.05) is 55.5 Å². The predicted molar refractivity (Wildman–Crippen MR) is 180 cm³/mol. The summed E-state index contributed by atoms with van der Waals surface area (Å²) in [5.41, 5.74) is 2.79. The summed E-state index contributed by atoms with van der Waals surface area (Å²) in [5.74, 6) is -0.296. The second-order valence-electron chi connectivity index (χ2n) is 11.3. The van der Waals surface area contributed by atoms with E-state index in [-0.39, 0.29) is 17.5 Å². The summed E-state index contributed by atoms with van der Waals surface area (Å²) in [6, 6.07) is 13.7. The highest BCUT2D eigenvalue weighted by Gasteiger charge is 2.29.